The van der Waals surface area contributed by atoms with Crippen molar-refractivity contribution in [3.05, 3.63) is 55.0 Å². The molecule has 0 fully saturated rings. The number of hydrogen-bond donors (Lipinski definition) is 0. The number of benzene rings is 2. The quantitative estimate of drug-likeness (QED) is 0.685. The maximum Gasteiger partial charge on any atom is 0.573 e. The predicted octanol–water partition coefficient (Wildman–Crippen LogP) is 5.46. The van der Waals surface area contributed by atoms with E-state index in [0.29, 0.717) is 11.6 Å². The van der Waals surface area contributed by atoms with Crippen molar-refractivity contribution in [3.63, 3.8) is 0 Å². The molecular formula is C15H9F6O3. The van der Waals surface area contributed by atoms with Crippen molar-refractivity contribution in [1.82, 2.24) is 0 Å². The van der Waals surface area contributed by atoms with Gasteiger partial charge in [0.25, 0.3) is 0 Å². The normalized spacial score (nSPS) is 12.0. The summed E-state index contributed by atoms with van der Waals surface area (Å²) in [5, 5.41) is 0. The van der Waals surface area contributed by atoms with Crippen LogP contribution >= 0.6 is 0 Å². The van der Waals surface area contributed by atoms with E-state index in [1.165, 1.54) is 6.07 Å². The van der Waals surface area contributed by atoms with E-state index in [1.807, 2.05) is 0 Å². The van der Waals surface area contributed by atoms with Crippen molar-refractivity contribution < 1.29 is 40.6 Å². The van der Waals surface area contributed by atoms with Crippen molar-refractivity contribution >= 4 is 0 Å². The summed E-state index contributed by atoms with van der Waals surface area (Å²) >= 11 is 0. The molecule has 0 unspecified atom stereocenters. The van der Waals surface area contributed by atoms with E-state index in [2.05, 4.69) is 16.4 Å². The molecule has 2 rings (SSSR count). The fourth-order valence-electron chi connectivity index (χ4n) is 1.72. The van der Waals surface area contributed by atoms with Gasteiger partial charge in [0.15, 0.2) is 0 Å². The first-order valence-corrected chi connectivity index (χ1v) is 6.27. The van der Waals surface area contributed by atoms with Gasteiger partial charge in [-0.1, -0.05) is 18.2 Å². The van der Waals surface area contributed by atoms with Crippen molar-refractivity contribution in [2.75, 3.05) is 0 Å². The molecule has 0 aliphatic rings. The van der Waals surface area contributed by atoms with Crippen LogP contribution in [0.2, 0.25) is 0 Å². The first kappa shape index (κ1) is 17.8. The Balaban J connectivity index is 2.36. The lowest BCUT2D eigenvalue weighted by Crippen LogP contribution is -2.19. The van der Waals surface area contributed by atoms with E-state index >= 15 is 0 Å². The van der Waals surface area contributed by atoms with Crippen LogP contribution in [0.3, 0.4) is 0 Å². The molecule has 129 valence electrons. The van der Waals surface area contributed by atoms with Gasteiger partial charge >= 0.3 is 12.7 Å². The van der Waals surface area contributed by atoms with Gasteiger partial charge in [0.1, 0.15) is 23.0 Å². The van der Waals surface area contributed by atoms with E-state index in [9.17, 15) is 26.3 Å². The molecule has 1 radical (unpaired) electrons. The van der Waals surface area contributed by atoms with E-state index in [-0.39, 0.29) is 11.5 Å². The number of alkyl halides is 6. The fourth-order valence-corrected chi connectivity index (χ4v) is 1.72. The van der Waals surface area contributed by atoms with Gasteiger partial charge in [0.05, 0.1) is 0 Å². The largest absolute Gasteiger partial charge is 0.573 e. The lowest BCUT2D eigenvalue weighted by molar-refractivity contribution is -0.276. The standard InChI is InChI=1S/C15H9F6O3/c1-9-4-2-3-5-13(9)22-10-6-11(23-14(16,17)18)8-12(7-10)24-15(19,20)21/h2-8H,1H2. The molecule has 0 atom stereocenters. The molecular weight excluding hydrogens is 342 g/mol. The summed E-state index contributed by atoms with van der Waals surface area (Å²) < 4.78 is 86.3. The van der Waals surface area contributed by atoms with Gasteiger partial charge in [0, 0.05) is 18.2 Å². The minimum Gasteiger partial charge on any atom is -0.457 e. The van der Waals surface area contributed by atoms with Gasteiger partial charge in [-0.2, -0.15) is 0 Å². The lowest BCUT2D eigenvalue weighted by atomic mass is 10.2. The highest BCUT2D eigenvalue weighted by molar-refractivity contribution is 5.46. The van der Waals surface area contributed by atoms with Gasteiger partial charge in [-0.25, -0.2) is 0 Å². The average molecular weight is 351 g/mol. The van der Waals surface area contributed by atoms with Crippen molar-refractivity contribution in [2.24, 2.45) is 0 Å². The van der Waals surface area contributed by atoms with Crippen LogP contribution in [0.25, 0.3) is 0 Å². The smallest absolute Gasteiger partial charge is 0.457 e. The maximum atomic E-state index is 12.3. The van der Waals surface area contributed by atoms with E-state index in [4.69, 9.17) is 4.74 Å². The first-order chi connectivity index (χ1) is 11.0. The van der Waals surface area contributed by atoms with Crippen LogP contribution in [0.4, 0.5) is 26.3 Å². The third-order valence-electron chi connectivity index (χ3n) is 2.52. The van der Waals surface area contributed by atoms with Gasteiger partial charge in [-0.05, 0) is 18.6 Å². The zero-order chi connectivity index (χ0) is 18.0. The fraction of sp³-hybridized carbons (Fsp3) is 0.133. The summed E-state index contributed by atoms with van der Waals surface area (Å²) in [6.07, 6.45) is -10.2. The highest BCUT2D eigenvalue weighted by Gasteiger charge is 2.34. The third kappa shape index (κ3) is 5.56. The maximum absolute atomic E-state index is 12.3. The Morgan fingerprint density at radius 1 is 0.708 bits per heavy atom. The van der Waals surface area contributed by atoms with Gasteiger partial charge in [-0.15, -0.1) is 26.3 Å². The molecule has 0 bridgehead atoms. The molecule has 9 heteroatoms. The molecule has 24 heavy (non-hydrogen) atoms. The monoisotopic (exact) mass is 351 g/mol. The van der Waals surface area contributed by atoms with Crippen LogP contribution in [0.5, 0.6) is 23.0 Å². The van der Waals surface area contributed by atoms with Crippen LogP contribution in [0, 0.1) is 6.92 Å². The molecule has 0 amide bonds. The highest BCUT2D eigenvalue weighted by Crippen LogP contribution is 2.36. The van der Waals surface area contributed by atoms with Crippen molar-refractivity contribution in [1.29, 1.82) is 0 Å². The Hall–Kier alpha value is -2.58. The second-order valence-corrected chi connectivity index (χ2v) is 4.45. The zero-order valence-corrected chi connectivity index (χ0v) is 11.7. The Bertz CT molecular complexity index is 675. The van der Waals surface area contributed by atoms with Crippen LogP contribution in [0.15, 0.2) is 42.5 Å². The third-order valence-corrected chi connectivity index (χ3v) is 2.52. The van der Waals surface area contributed by atoms with Crippen LogP contribution < -0.4 is 14.2 Å². The lowest BCUT2D eigenvalue weighted by Gasteiger charge is -2.15. The molecule has 2 aromatic carbocycles. The molecule has 0 aromatic heterocycles. The Kier molecular flexibility index (Phi) is 4.81. The van der Waals surface area contributed by atoms with Crippen molar-refractivity contribution in [3.8, 4) is 23.0 Å². The van der Waals surface area contributed by atoms with E-state index in [0.717, 1.165) is 12.1 Å². The number of ether oxygens (including phenoxy) is 3. The number of rotatable bonds is 4. The van der Waals surface area contributed by atoms with Gasteiger partial charge < -0.3 is 14.2 Å². The Morgan fingerprint density at radius 3 is 1.62 bits per heavy atom. The average Bonchev–Trinajstić information content (AvgIpc) is 2.37. The summed E-state index contributed by atoms with van der Waals surface area (Å²) in [5.41, 5.74) is 0.387. The molecule has 3 nitrogen and oxygen atoms in total. The number of halogens is 6. The predicted molar refractivity (Wildman–Crippen MR) is 70.8 cm³/mol. The number of hydrogen-bond acceptors (Lipinski definition) is 3. The van der Waals surface area contributed by atoms with Crippen LogP contribution in [-0.4, -0.2) is 12.7 Å². The molecule has 0 N–H and O–H groups in total. The second-order valence-electron chi connectivity index (χ2n) is 4.45. The molecule has 0 aliphatic heterocycles. The van der Waals surface area contributed by atoms with E-state index < -0.39 is 24.2 Å². The molecule has 0 heterocycles. The van der Waals surface area contributed by atoms with Crippen LogP contribution in [0.1, 0.15) is 5.56 Å². The molecule has 2 aromatic rings. The summed E-state index contributed by atoms with van der Waals surface area (Å²) in [6.45, 7) is 3.63. The van der Waals surface area contributed by atoms with Crippen molar-refractivity contribution in [2.45, 2.75) is 12.7 Å². The van der Waals surface area contributed by atoms with E-state index in [1.54, 1.807) is 18.2 Å². The second kappa shape index (κ2) is 6.50. The first-order valence-electron chi connectivity index (χ1n) is 6.27. The molecule has 0 saturated heterocycles. The topological polar surface area (TPSA) is 27.7 Å². The van der Waals surface area contributed by atoms with Gasteiger partial charge in [0.2, 0.25) is 0 Å². The highest BCUT2D eigenvalue weighted by atomic mass is 19.4. The summed E-state index contributed by atoms with van der Waals surface area (Å²) in [4.78, 5) is 0. The summed E-state index contributed by atoms with van der Waals surface area (Å²) in [6, 6.07) is 8.21. The molecule has 0 saturated carbocycles. The number of para-hydroxylation sites is 1. The molecule has 0 spiro atoms. The minimum atomic E-state index is -5.08. The Morgan fingerprint density at radius 2 is 1.17 bits per heavy atom. The SMILES string of the molecule is [CH2]c1ccccc1Oc1cc(OC(F)(F)F)cc(OC(F)(F)F)c1. The minimum absolute atomic E-state index is 0.152. The molecule has 0 aliphatic carbocycles. The Labute approximate surface area is 132 Å². The van der Waals surface area contributed by atoms with Gasteiger partial charge in [-0.3, -0.25) is 0 Å². The summed E-state index contributed by atoms with van der Waals surface area (Å²) in [7, 11) is 0. The van der Waals surface area contributed by atoms with Crippen LogP contribution in [-0.2, 0) is 0 Å². The zero-order valence-electron chi connectivity index (χ0n) is 11.7. The summed E-state index contributed by atoms with van der Waals surface area (Å²) in [5.74, 6) is -2.02.